The second-order valence-corrected chi connectivity index (χ2v) is 12.7. The van der Waals surface area contributed by atoms with Crippen LogP contribution in [0.3, 0.4) is 0 Å². The molecule has 0 bridgehead atoms. The van der Waals surface area contributed by atoms with Crippen LogP contribution >= 0.6 is 11.0 Å². The topological polar surface area (TPSA) is 70.4 Å². The molecule has 35 heavy (non-hydrogen) atoms. The van der Waals surface area contributed by atoms with Crippen molar-refractivity contribution >= 4 is 16.6 Å². The molecule has 3 fully saturated rings. The van der Waals surface area contributed by atoms with Crippen LogP contribution in [0.2, 0.25) is 0 Å². The van der Waals surface area contributed by atoms with E-state index in [9.17, 15) is 18.6 Å². The number of piperidine rings is 1. The zero-order chi connectivity index (χ0) is 24.8. The number of phenols is 1. The van der Waals surface area contributed by atoms with Gasteiger partial charge in [0.15, 0.2) is 0 Å². The molecule has 0 radical (unpaired) electrons. The summed E-state index contributed by atoms with van der Waals surface area (Å²) in [5.74, 6) is 0.482. The Hall–Kier alpha value is -1.84. The van der Waals surface area contributed by atoms with Gasteiger partial charge in [-0.25, -0.2) is 4.39 Å². The minimum absolute atomic E-state index is 0.202. The maximum Gasteiger partial charge on any atom is 0.125 e. The van der Waals surface area contributed by atoms with Crippen molar-refractivity contribution in [3.8, 4) is 5.75 Å². The molecule has 0 unspecified atom stereocenters. The van der Waals surface area contributed by atoms with Gasteiger partial charge < -0.3 is 5.11 Å². The zero-order valence-corrected chi connectivity index (χ0v) is 21.6. The molecule has 0 amide bonds. The Morgan fingerprint density at radius 3 is 2.57 bits per heavy atom. The number of hydrogen-bond acceptors (Lipinski definition) is 6. The third-order valence-corrected chi connectivity index (χ3v) is 10.4. The van der Waals surface area contributed by atoms with Gasteiger partial charge in [0.05, 0.1) is 11.2 Å². The molecule has 2 aromatic rings. The number of likely N-dealkylation sites (N-methyl/N-ethyl adjacent to an activating group) is 1. The predicted molar refractivity (Wildman–Crippen MR) is 140 cm³/mol. The molecule has 3 aliphatic rings. The molecule has 2 heterocycles. The number of anilines is 1. The summed E-state index contributed by atoms with van der Waals surface area (Å²) in [6, 6.07) is 12.4. The minimum atomic E-state index is -3.21. The SMILES string of the molecule is C[C@H]1C[C@]2(CCN1Cc1ccc(O)c(C3CCCCC3)c1)CN(C)S(O)(O)N2c1cccc(F)c1. The molecule has 2 atom stereocenters. The second-order valence-electron chi connectivity index (χ2n) is 10.8. The summed E-state index contributed by atoms with van der Waals surface area (Å²) in [7, 11) is -1.48. The van der Waals surface area contributed by atoms with Crippen LogP contribution in [-0.2, 0) is 6.54 Å². The van der Waals surface area contributed by atoms with E-state index < -0.39 is 16.5 Å². The molecule has 6 nitrogen and oxygen atoms in total. The standard InChI is InChI=1S/C27H38FN3O3S/c1-20-17-27(19-29(2)35(33,34)31(27)24-10-6-9-23(28)16-24)13-14-30(20)18-21-11-12-26(32)25(15-21)22-7-4-3-5-8-22/h6,9-12,15-16,20,22,32-34H,3-5,7-8,13-14,17-19H2,1-2H3/t20-,27+/m0/s1. The summed E-state index contributed by atoms with van der Waals surface area (Å²) in [5.41, 5.74) is 2.35. The molecule has 5 rings (SSSR count). The molecule has 0 aromatic heterocycles. The average Bonchev–Trinajstić information content (AvgIpc) is 3.01. The molecule has 1 saturated carbocycles. The molecule has 3 N–H and O–H groups in total. The first kappa shape index (κ1) is 24.8. The Labute approximate surface area is 210 Å². The molecule has 192 valence electrons. The zero-order valence-electron chi connectivity index (χ0n) is 20.7. The lowest BCUT2D eigenvalue weighted by molar-refractivity contribution is 0.100. The van der Waals surface area contributed by atoms with Gasteiger partial charge in [-0.3, -0.25) is 18.3 Å². The van der Waals surface area contributed by atoms with E-state index >= 15 is 0 Å². The first-order valence-electron chi connectivity index (χ1n) is 12.8. The maximum absolute atomic E-state index is 14.1. The van der Waals surface area contributed by atoms with Crippen LogP contribution < -0.4 is 4.31 Å². The second kappa shape index (κ2) is 9.56. The van der Waals surface area contributed by atoms with E-state index in [1.807, 2.05) is 12.1 Å². The van der Waals surface area contributed by atoms with E-state index in [1.165, 1.54) is 37.0 Å². The van der Waals surface area contributed by atoms with Crippen molar-refractivity contribution in [2.45, 2.75) is 75.9 Å². The lowest BCUT2D eigenvalue weighted by Gasteiger charge is -2.51. The predicted octanol–water partition coefficient (Wildman–Crippen LogP) is 6.33. The van der Waals surface area contributed by atoms with E-state index in [0.29, 0.717) is 23.9 Å². The van der Waals surface area contributed by atoms with Gasteiger partial charge in [0, 0.05) is 32.7 Å². The first-order valence-corrected chi connectivity index (χ1v) is 14.3. The fourth-order valence-electron chi connectivity index (χ4n) is 6.58. The van der Waals surface area contributed by atoms with E-state index in [4.69, 9.17) is 0 Å². The fourth-order valence-corrected chi connectivity index (χ4v) is 8.41. The van der Waals surface area contributed by atoms with Gasteiger partial charge >= 0.3 is 0 Å². The highest BCUT2D eigenvalue weighted by Gasteiger charge is 2.55. The van der Waals surface area contributed by atoms with Crippen LogP contribution in [0, 0.1) is 5.82 Å². The number of hydrogen-bond donors (Lipinski definition) is 3. The van der Waals surface area contributed by atoms with Gasteiger partial charge in [-0.1, -0.05) is 48.4 Å². The number of benzene rings is 2. The monoisotopic (exact) mass is 503 g/mol. The summed E-state index contributed by atoms with van der Waals surface area (Å²) in [4.78, 5) is 2.44. The minimum Gasteiger partial charge on any atom is -0.508 e. The van der Waals surface area contributed by atoms with Crippen molar-refractivity contribution in [2.75, 3.05) is 24.4 Å². The van der Waals surface area contributed by atoms with Crippen molar-refractivity contribution in [2.24, 2.45) is 0 Å². The van der Waals surface area contributed by atoms with Gasteiger partial charge in [0.1, 0.15) is 11.6 Å². The molecular weight excluding hydrogens is 465 g/mol. The molecule has 1 aliphatic carbocycles. The van der Waals surface area contributed by atoms with Crippen LogP contribution in [0.4, 0.5) is 10.1 Å². The Morgan fingerprint density at radius 2 is 1.86 bits per heavy atom. The van der Waals surface area contributed by atoms with Gasteiger partial charge in [0.2, 0.25) is 0 Å². The summed E-state index contributed by atoms with van der Waals surface area (Å²) >= 11 is 0. The number of likely N-dealkylation sites (tertiary alicyclic amines) is 1. The summed E-state index contributed by atoms with van der Waals surface area (Å²) in [6.07, 6.45) is 7.55. The summed E-state index contributed by atoms with van der Waals surface area (Å²) in [6.45, 7) is 4.31. The van der Waals surface area contributed by atoms with E-state index in [-0.39, 0.29) is 11.9 Å². The van der Waals surface area contributed by atoms with Crippen molar-refractivity contribution in [3.05, 3.63) is 59.4 Å². The first-order chi connectivity index (χ1) is 16.7. The van der Waals surface area contributed by atoms with Crippen LogP contribution in [0.1, 0.15) is 68.9 Å². The van der Waals surface area contributed by atoms with Crippen molar-refractivity contribution in [1.82, 2.24) is 9.21 Å². The van der Waals surface area contributed by atoms with Crippen LogP contribution in [0.25, 0.3) is 0 Å². The molecule has 2 aromatic carbocycles. The number of phenolic OH excluding ortho intramolecular Hbond substituents is 1. The fraction of sp³-hybridized carbons (Fsp3) is 0.556. The Kier molecular flexibility index (Phi) is 6.78. The molecule has 2 aliphatic heterocycles. The highest BCUT2D eigenvalue weighted by atomic mass is 32.3. The van der Waals surface area contributed by atoms with Crippen molar-refractivity contribution in [1.29, 1.82) is 0 Å². The summed E-state index contributed by atoms with van der Waals surface area (Å²) in [5, 5.41) is 10.5. The third kappa shape index (κ3) is 4.67. The number of aromatic hydroxyl groups is 1. The van der Waals surface area contributed by atoms with Crippen molar-refractivity contribution < 1.29 is 18.6 Å². The van der Waals surface area contributed by atoms with Crippen molar-refractivity contribution in [3.63, 3.8) is 0 Å². The van der Waals surface area contributed by atoms with E-state index in [2.05, 4.69) is 17.9 Å². The molecule has 1 spiro atoms. The Balaban J connectivity index is 1.35. The average molecular weight is 504 g/mol. The Morgan fingerprint density at radius 1 is 1.09 bits per heavy atom. The molecular formula is C27H38FN3O3S. The van der Waals surface area contributed by atoms with E-state index in [0.717, 1.165) is 44.3 Å². The smallest absolute Gasteiger partial charge is 0.125 e. The van der Waals surface area contributed by atoms with Gasteiger partial charge in [-0.2, -0.15) is 4.31 Å². The quantitative estimate of drug-likeness (QED) is 0.453. The highest BCUT2D eigenvalue weighted by molar-refractivity contribution is 8.23. The van der Waals surface area contributed by atoms with Gasteiger partial charge in [-0.05, 0) is 73.9 Å². The lowest BCUT2D eigenvalue weighted by Crippen LogP contribution is -2.57. The largest absolute Gasteiger partial charge is 0.508 e. The molecule has 8 heteroatoms. The normalized spacial score (nSPS) is 29.1. The van der Waals surface area contributed by atoms with Crippen LogP contribution in [0.15, 0.2) is 42.5 Å². The van der Waals surface area contributed by atoms with Crippen LogP contribution in [0.5, 0.6) is 5.75 Å². The maximum atomic E-state index is 14.1. The van der Waals surface area contributed by atoms with Gasteiger partial charge in [0.25, 0.3) is 0 Å². The highest BCUT2D eigenvalue weighted by Crippen LogP contribution is 2.61. The van der Waals surface area contributed by atoms with E-state index in [1.54, 1.807) is 27.8 Å². The number of halogens is 1. The Bertz CT molecular complexity index is 1060. The van der Waals surface area contributed by atoms with Crippen LogP contribution in [-0.4, -0.2) is 55.1 Å². The third-order valence-electron chi connectivity index (χ3n) is 8.34. The lowest BCUT2D eigenvalue weighted by atomic mass is 9.82. The van der Waals surface area contributed by atoms with Gasteiger partial charge in [-0.15, -0.1) is 0 Å². The summed E-state index contributed by atoms with van der Waals surface area (Å²) < 4.78 is 39.6. The number of nitrogens with zero attached hydrogens (tertiary/aromatic N) is 3. The molecule has 2 saturated heterocycles. The number of rotatable bonds is 4.